The zero-order valence-corrected chi connectivity index (χ0v) is 34.3. The highest BCUT2D eigenvalue weighted by Crippen LogP contribution is 2.54. The summed E-state index contributed by atoms with van der Waals surface area (Å²) in [6.07, 6.45) is 0. The van der Waals surface area contributed by atoms with Crippen molar-refractivity contribution in [3.8, 4) is 44.5 Å². The van der Waals surface area contributed by atoms with Crippen LogP contribution in [0.5, 0.6) is 0 Å². The van der Waals surface area contributed by atoms with Crippen molar-refractivity contribution >= 4 is 49.8 Å². The zero-order chi connectivity index (χ0) is 40.3. The van der Waals surface area contributed by atoms with Gasteiger partial charge in [-0.15, -0.1) is 0 Å². The normalized spacial score (nSPS) is 14.3. The minimum atomic E-state index is -0.209. The molecule has 0 bridgehead atoms. The molecule has 0 amide bonds. The average molecular weight is 770 g/mol. The van der Waals surface area contributed by atoms with E-state index in [-0.39, 0.29) is 10.8 Å². The number of hydrogen-bond donors (Lipinski definition) is 0. The van der Waals surface area contributed by atoms with Crippen molar-refractivity contribution in [2.45, 2.75) is 38.5 Å². The fraction of sp³-hybridized carbons (Fsp3) is 0.103. The minimum absolute atomic E-state index is 0.157. The van der Waals surface area contributed by atoms with Crippen molar-refractivity contribution in [3.05, 3.63) is 210 Å². The summed E-state index contributed by atoms with van der Waals surface area (Å²) in [4.78, 5) is 2.44. The summed E-state index contributed by atoms with van der Waals surface area (Å²) in [5.41, 5.74) is 20.6. The van der Waals surface area contributed by atoms with E-state index < -0.39 is 0 Å². The lowest BCUT2D eigenvalue weighted by molar-refractivity contribution is 0.660. The number of benzene rings is 9. The molecule has 9 aromatic carbocycles. The molecule has 0 aliphatic heterocycles. The van der Waals surface area contributed by atoms with Crippen LogP contribution in [0.1, 0.15) is 49.9 Å². The zero-order valence-electron chi connectivity index (χ0n) is 34.3. The lowest BCUT2D eigenvalue weighted by Gasteiger charge is -2.29. The molecule has 1 aromatic heterocycles. The molecular formula is C58H43NO. The molecule has 2 nitrogen and oxygen atoms in total. The summed E-state index contributed by atoms with van der Waals surface area (Å²) >= 11 is 0. The number of rotatable bonds is 5. The molecule has 0 atom stereocenters. The molecule has 286 valence electrons. The second kappa shape index (κ2) is 12.7. The Morgan fingerprint density at radius 3 is 1.47 bits per heavy atom. The van der Waals surface area contributed by atoms with Crippen LogP contribution in [-0.2, 0) is 10.8 Å². The van der Waals surface area contributed by atoms with E-state index >= 15 is 0 Å². The molecule has 0 saturated heterocycles. The lowest BCUT2D eigenvalue weighted by Crippen LogP contribution is -2.18. The second-order valence-corrected chi connectivity index (χ2v) is 17.7. The number of para-hydroxylation sites is 1. The average Bonchev–Trinajstić information content (AvgIpc) is 3.86. The Morgan fingerprint density at radius 1 is 0.350 bits per heavy atom. The van der Waals surface area contributed by atoms with Crippen LogP contribution in [0.25, 0.3) is 77.2 Å². The van der Waals surface area contributed by atoms with Crippen LogP contribution in [0.3, 0.4) is 0 Å². The molecule has 2 aliphatic rings. The van der Waals surface area contributed by atoms with E-state index in [1.54, 1.807) is 0 Å². The lowest BCUT2D eigenvalue weighted by atomic mass is 9.81. The topological polar surface area (TPSA) is 16.4 Å². The maximum Gasteiger partial charge on any atom is 0.136 e. The number of hydrogen-bond acceptors (Lipinski definition) is 2. The number of fused-ring (bicyclic) bond motifs is 11. The Hall–Kier alpha value is -7.16. The van der Waals surface area contributed by atoms with Crippen LogP contribution in [0.2, 0.25) is 0 Å². The Morgan fingerprint density at radius 2 is 0.833 bits per heavy atom. The predicted octanol–water partition coefficient (Wildman–Crippen LogP) is 16.2. The first-order valence-corrected chi connectivity index (χ1v) is 21.1. The highest BCUT2D eigenvalue weighted by atomic mass is 16.3. The van der Waals surface area contributed by atoms with Crippen LogP contribution in [0, 0.1) is 0 Å². The van der Waals surface area contributed by atoms with E-state index in [1.807, 2.05) is 0 Å². The predicted molar refractivity (Wildman–Crippen MR) is 252 cm³/mol. The molecule has 2 aliphatic carbocycles. The molecule has 0 N–H and O–H groups in total. The minimum Gasteiger partial charge on any atom is -0.456 e. The van der Waals surface area contributed by atoms with Crippen molar-refractivity contribution in [2.24, 2.45) is 0 Å². The Kier molecular flexibility index (Phi) is 7.36. The monoisotopic (exact) mass is 769 g/mol. The molecule has 10 aromatic rings. The van der Waals surface area contributed by atoms with Crippen molar-refractivity contribution in [1.29, 1.82) is 0 Å². The quantitative estimate of drug-likeness (QED) is 0.173. The van der Waals surface area contributed by atoms with Crippen molar-refractivity contribution < 1.29 is 4.42 Å². The van der Waals surface area contributed by atoms with Crippen LogP contribution in [0.4, 0.5) is 17.1 Å². The van der Waals surface area contributed by atoms with Gasteiger partial charge in [-0.2, -0.15) is 0 Å². The van der Waals surface area contributed by atoms with E-state index in [2.05, 4.69) is 221 Å². The summed E-state index contributed by atoms with van der Waals surface area (Å²) in [5, 5.41) is 4.79. The molecule has 2 heteroatoms. The van der Waals surface area contributed by atoms with Gasteiger partial charge in [-0.05, 0) is 144 Å². The first-order valence-electron chi connectivity index (χ1n) is 21.1. The van der Waals surface area contributed by atoms with E-state index in [9.17, 15) is 0 Å². The summed E-state index contributed by atoms with van der Waals surface area (Å²) in [5.74, 6) is 0. The van der Waals surface area contributed by atoms with Crippen molar-refractivity contribution in [3.63, 3.8) is 0 Å². The first kappa shape index (κ1) is 34.8. The third-order valence-electron chi connectivity index (χ3n) is 13.7. The molecule has 1 heterocycles. The van der Waals surface area contributed by atoms with Gasteiger partial charge < -0.3 is 9.32 Å². The largest absolute Gasteiger partial charge is 0.456 e. The molecule has 0 unspecified atom stereocenters. The summed E-state index contributed by atoms with van der Waals surface area (Å²) in [6, 6.07) is 69.3. The van der Waals surface area contributed by atoms with E-state index in [0.29, 0.717) is 0 Å². The number of nitrogens with zero attached hydrogens (tertiary/aromatic N) is 1. The van der Waals surface area contributed by atoms with Crippen LogP contribution in [-0.4, -0.2) is 0 Å². The molecule has 0 saturated carbocycles. The maximum atomic E-state index is 6.36. The van der Waals surface area contributed by atoms with Gasteiger partial charge in [0.1, 0.15) is 11.2 Å². The van der Waals surface area contributed by atoms with Crippen molar-refractivity contribution in [2.75, 3.05) is 4.90 Å². The molecule has 0 fully saturated rings. The third-order valence-corrected chi connectivity index (χ3v) is 13.7. The first-order chi connectivity index (χ1) is 29.2. The van der Waals surface area contributed by atoms with Crippen LogP contribution < -0.4 is 4.90 Å². The Balaban J connectivity index is 0.934. The van der Waals surface area contributed by atoms with Gasteiger partial charge in [0, 0.05) is 38.7 Å². The highest BCUT2D eigenvalue weighted by Gasteiger charge is 2.38. The maximum absolute atomic E-state index is 6.36. The summed E-state index contributed by atoms with van der Waals surface area (Å²) in [7, 11) is 0. The molecule has 12 rings (SSSR count). The van der Waals surface area contributed by atoms with Crippen LogP contribution in [0.15, 0.2) is 192 Å². The fourth-order valence-corrected chi connectivity index (χ4v) is 10.5. The van der Waals surface area contributed by atoms with E-state index in [0.717, 1.165) is 33.6 Å². The van der Waals surface area contributed by atoms with Crippen LogP contribution >= 0.6 is 0 Å². The Labute approximate surface area is 351 Å². The smallest absolute Gasteiger partial charge is 0.136 e. The van der Waals surface area contributed by atoms with Gasteiger partial charge in [0.05, 0.1) is 0 Å². The molecule has 60 heavy (non-hydrogen) atoms. The summed E-state index contributed by atoms with van der Waals surface area (Å²) in [6.45, 7) is 9.53. The number of furan rings is 1. The van der Waals surface area contributed by atoms with E-state index in [4.69, 9.17) is 4.42 Å². The van der Waals surface area contributed by atoms with Gasteiger partial charge in [-0.1, -0.05) is 149 Å². The standard InChI is InChI=1S/C58H43NO/c1-57(2)50-32-39(36-13-7-5-8-14-36)19-25-45(50)47-27-23-42(34-52(47)57)59(41-16-9-6-10-17-41)43-24-28-48-46-26-20-40(33-51(46)58(3,4)53(48)35-43)38-22-29-54-49(31-38)56-44-18-12-11-15-37(44)21-30-55(56)60-54/h5-35H,1-4H3. The third kappa shape index (κ3) is 5.07. The Bertz CT molecular complexity index is 3370. The van der Waals surface area contributed by atoms with Gasteiger partial charge >= 0.3 is 0 Å². The van der Waals surface area contributed by atoms with E-state index in [1.165, 1.54) is 82.9 Å². The summed E-state index contributed by atoms with van der Waals surface area (Å²) < 4.78 is 6.36. The molecular weight excluding hydrogens is 727 g/mol. The molecule has 0 spiro atoms. The second-order valence-electron chi connectivity index (χ2n) is 17.7. The van der Waals surface area contributed by atoms with Gasteiger partial charge in [0.25, 0.3) is 0 Å². The van der Waals surface area contributed by atoms with Gasteiger partial charge in [-0.3, -0.25) is 0 Å². The van der Waals surface area contributed by atoms with Gasteiger partial charge in [0.2, 0.25) is 0 Å². The number of anilines is 3. The van der Waals surface area contributed by atoms with Gasteiger partial charge in [0.15, 0.2) is 0 Å². The fourth-order valence-electron chi connectivity index (χ4n) is 10.5. The SMILES string of the molecule is CC1(C)c2cc(-c3ccccc3)ccc2-c2ccc(N(c3ccccc3)c3ccc4c(c3)C(C)(C)c3cc(-c5ccc6oc7ccc8ccccc8c7c6c5)ccc3-4)cc21. The van der Waals surface area contributed by atoms with Gasteiger partial charge in [-0.25, -0.2) is 0 Å². The van der Waals surface area contributed by atoms with Crippen molar-refractivity contribution in [1.82, 2.24) is 0 Å². The molecule has 0 radical (unpaired) electrons. The highest BCUT2D eigenvalue weighted by molar-refractivity contribution is 6.19.